The number of aryl methyl sites for hydroxylation is 1. The highest BCUT2D eigenvalue weighted by atomic mass is 79.9. The van der Waals surface area contributed by atoms with Gasteiger partial charge in [-0.25, -0.2) is 4.98 Å². The van der Waals surface area contributed by atoms with Gasteiger partial charge in [0.25, 0.3) is 0 Å². The average Bonchev–Trinajstić information content (AvgIpc) is 2.35. The molecule has 2 heterocycles. The minimum absolute atomic E-state index is 0.0615. The maximum atomic E-state index is 12.0. The van der Waals surface area contributed by atoms with Gasteiger partial charge in [-0.05, 0) is 53.9 Å². The van der Waals surface area contributed by atoms with Crippen LogP contribution >= 0.6 is 15.9 Å². The van der Waals surface area contributed by atoms with Crippen molar-refractivity contribution in [3.63, 3.8) is 0 Å². The van der Waals surface area contributed by atoms with Gasteiger partial charge in [0.1, 0.15) is 5.82 Å². The molecule has 1 atom stereocenters. The van der Waals surface area contributed by atoms with Crippen molar-refractivity contribution in [2.45, 2.75) is 19.8 Å². The minimum atomic E-state index is 0.0615. The first kappa shape index (κ1) is 12.5. The minimum Gasteiger partial charge on any atom is -0.316 e. The molecule has 92 valence electrons. The van der Waals surface area contributed by atoms with Crippen LogP contribution in [-0.2, 0) is 4.79 Å². The zero-order valence-corrected chi connectivity index (χ0v) is 11.4. The first-order valence-electron chi connectivity index (χ1n) is 5.80. The Labute approximate surface area is 109 Å². The van der Waals surface area contributed by atoms with E-state index in [1.807, 2.05) is 13.0 Å². The molecule has 2 N–H and O–H groups in total. The molecule has 0 aliphatic carbocycles. The van der Waals surface area contributed by atoms with Gasteiger partial charge in [-0.2, -0.15) is 0 Å². The second kappa shape index (κ2) is 5.60. The summed E-state index contributed by atoms with van der Waals surface area (Å²) in [6.07, 6.45) is 3.73. The smallest absolute Gasteiger partial charge is 0.229 e. The first-order valence-corrected chi connectivity index (χ1v) is 6.60. The van der Waals surface area contributed by atoms with E-state index in [0.717, 1.165) is 36.0 Å². The molecule has 5 heteroatoms. The third-order valence-corrected chi connectivity index (χ3v) is 3.80. The number of carbonyl (C=O) groups is 1. The maximum absolute atomic E-state index is 12.0. The Morgan fingerprint density at radius 1 is 1.65 bits per heavy atom. The molecular weight excluding hydrogens is 282 g/mol. The third kappa shape index (κ3) is 3.26. The molecule has 0 saturated carbocycles. The number of amides is 1. The van der Waals surface area contributed by atoms with E-state index >= 15 is 0 Å². The van der Waals surface area contributed by atoms with E-state index in [9.17, 15) is 4.79 Å². The zero-order valence-electron chi connectivity index (χ0n) is 9.79. The summed E-state index contributed by atoms with van der Waals surface area (Å²) in [7, 11) is 0. The number of nitrogens with zero attached hydrogens (tertiary/aromatic N) is 1. The summed E-state index contributed by atoms with van der Waals surface area (Å²) in [4.78, 5) is 16.1. The van der Waals surface area contributed by atoms with Crippen LogP contribution in [0.25, 0.3) is 0 Å². The zero-order chi connectivity index (χ0) is 12.3. The van der Waals surface area contributed by atoms with Crippen molar-refractivity contribution in [3.05, 3.63) is 22.3 Å². The van der Waals surface area contributed by atoms with Gasteiger partial charge in [0.2, 0.25) is 5.91 Å². The molecule has 2 rings (SSSR count). The van der Waals surface area contributed by atoms with Crippen LogP contribution in [0.5, 0.6) is 0 Å². The van der Waals surface area contributed by atoms with Gasteiger partial charge in [0.05, 0.1) is 5.92 Å². The van der Waals surface area contributed by atoms with Crippen LogP contribution in [0.2, 0.25) is 0 Å². The molecule has 1 saturated heterocycles. The molecule has 1 fully saturated rings. The Bertz CT molecular complexity index is 416. The largest absolute Gasteiger partial charge is 0.316 e. The predicted octanol–water partition coefficient (Wildman–Crippen LogP) is 2.09. The fourth-order valence-corrected chi connectivity index (χ4v) is 2.13. The highest BCUT2D eigenvalue weighted by Gasteiger charge is 2.21. The summed E-state index contributed by atoms with van der Waals surface area (Å²) < 4.78 is 0.954. The first-order chi connectivity index (χ1) is 8.16. The number of rotatable bonds is 2. The van der Waals surface area contributed by atoms with Gasteiger partial charge in [-0.1, -0.05) is 0 Å². The Hall–Kier alpha value is -0.940. The number of aromatic nitrogens is 1. The quantitative estimate of drug-likeness (QED) is 0.879. The third-order valence-electron chi connectivity index (χ3n) is 2.97. The molecular formula is C12H16BrN3O. The van der Waals surface area contributed by atoms with Crippen LogP contribution in [0.3, 0.4) is 0 Å². The highest BCUT2D eigenvalue weighted by molar-refractivity contribution is 9.10. The number of piperidine rings is 1. The molecule has 1 aromatic rings. The van der Waals surface area contributed by atoms with Gasteiger partial charge >= 0.3 is 0 Å². The second-order valence-corrected chi connectivity index (χ2v) is 5.21. The van der Waals surface area contributed by atoms with Crippen molar-refractivity contribution in [2.75, 3.05) is 18.4 Å². The van der Waals surface area contributed by atoms with Crippen LogP contribution in [-0.4, -0.2) is 24.0 Å². The Morgan fingerprint density at radius 3 is 3.12 bits per heavy atom. The average molecular weight is 298 g/mol. The summed E-state index contributed by atoms with van der Waals surface area (Å²) in [5.74, 6) is 0.752. The van der Waals surface area contributed by atoms with Crippen LogP contribution in [0.1, 0.15) is 18.4 Å². The number of anilines is 1. The molecule has 1 aliphatic heterocycles. The number of carbonyl (C=O) groups excluding carboxylic acids is 1. The molecule has 1 amide bonds. The normalized spacial score (nSPS) is 20.0. The summed E-state index contributed by atoms with van der Waals surface area (Å²) >= 11 is 3.39. The molecule has 17 heavy (non-hydrogen) atoms. The molecule has 0 aromatic carbocycles. The van der Waals surface area contributed by atoms with Gasteiger partial charge in [-0.15, -0.1) is 0 Å². The van der Waals surface area contributed by atoms with E-state index in [0.29, 0.717) is 5.82 Å². The lowest BCUT2D eigenvalue weighted by Gasteiger charge is -2.21. The maximum Gasteiger partial charge on any atom is 0.229 e. The van der Waals surface area contributed by atoms with E-state index in [1.54, 1.807) is 6.20 Å². The van der Waals surface area contributed by atoms with Gasteiger partial charge in [0.15, 0.2) is 0 Å². The number of nitrogens with one attached hydrogen (secondary N) is 2. The number of hydrogen-bond acceptors (Lipinski definition) is 3. The number of pyridine rings is 1. The SMILES string of the molecule is Cc1cc(NC(=O)[C@@H]2CCCNC2)ncc1Br. The van der Waals surface area contributed by atoms with Gasteiger partial charge in [0, 0.05) is 17.2 Å². The van der Waals surface area contributed by atoms with Crippen LogP contribution in [0, 0.1) is 12.8 Å². The highest BCUT2D eigenvalue weighted by Crippen LogP contribution is 2.18. The number of halogens is 1. The Kier molecular flexibility index (Phi) is 4.12. The predicted molar refractivity (Wildman–Crippen MR) is 70.9 cm³/mol. The summed E-state index contributed by atoms with van der Waals surface area (Å²) in [6, 6.07) is 1.87. The lowest BCUT2D eigenvalue weighted by atomic mass is 9.99. The molecule has 1 aromatic heterocycles. The molecule has 4 nitrogen and oxygen atoms in total. The molecule has 0 radical (unpaired) electrons. The van der Waals surface area contributed by atoms with Crippen molar-refractivity contribution < 1.29 is 4.79 Å². The molecule has 0 spiro atoms. The molecule has 0 bridgehead atoms. The summed E-state index contributed by atoms with van der Waals surface area (Å²) in [5, 5.41) is 6.10. The van der Waals surface area contributed by atoms with E-state index in [4.69, 9.17) is 0 Å². The Morgan fingerprint density at radius 2 is 2.47 bits per heavy atom. The van der Waals surface area contributed by atoms with E-state index < -0.39 is 0 Å². The van der Waals surface area contributed by atoms with Crippen molar-refractivity contribution in [2.24, 2.45) is 5.92 Å². The van der Waals surface area contributed by atoms with Crippen molar-refractivity contribution >= 4 is 27.7 Å². The second-order valence-electron chi connectivity index (χ2n) is 4.35. The lowest BCUT2D eigenvalue weighted by Crippen LogP contribution is -2.37. The van der Waals surface area contributed by atoms with Crippen LogP contribution < -0.4 is 10.6 Å². The fraction of sp³-hybridized carbons (Fsp3) is 0.500. The van der Waals surface area contributed by atoms with Gasteiger partial charge < -0.3 is 10.6 Å². The monoisotopic (exact) mass is 297 g/mol. The van der Waals surface area contributed by atoms with Crippen LogP contribution in [0.15, 0.2) is 16.7 Å². The van der Waals surface area contributed by atoms with E-state index in [1.165, 1.54) is 0 Å². The number of hydrogen-bond donors (Lipinski definition) is 2. The summed E-state index contributed by atoms with van der Waals surface area (Å²) in [6.45, 7) is 3.75. The topological polar surface area (TPSA) is 54.0 Å². The van der Waals surface area contributed by atoms with Gasteiger partial charge in [-0.3, -0.25) is 4.79 Å². The summed E-state index contributed by atoms with van der Waals surface area (Å²) in [5.41, 5.74) is 1.07. The Balaban J connectivity index is 1.99. The van der Waals surface area contributed by atoms with E-state index in [-0.39, 0.29) is 11.8 Å². The van der Waals surface area contributed by atoms with Crippen molar-refractivity contribution in [1.82, 2.24) is 10.3 Å². The van der Waals surface area contributed by atoms with Crippen molar-refractivity contribution in [3.8, 4) is 0 Å². The van der Waals surface area contributed by atoms with E-state index in [2.05, 4.69) is 31.5 Å². The molecule has 1 aliphatic rings. The standard InChI is InChI=1S/C12H16BrN3O/c1-8-5-11(15-7-10(8)13)16-12(17)9-3-2-4-14-6-9/h5,7,9,14H,2-4,6H2,1H3,(H,15,16,17)/t9-/m1/s1. The van der Waals surface area contributed by atoms with Crippen molar-refractivity contribution in [1.29, 1.82) is 0 Å². The van der Waals surface area contributed by atoms with Crippen LogP contribution in [0.4, 0.5) is 5.82 Å². The molecule has 0 unspecified atom stereocenters. The fourth-order valence-electron chi connectivity index (χ4n) is 1.91. The lowest BCUT2D eigenvalue weighted by molar-refractivity contribution is -0.120.